The molecule has 1 aliphatic rings. The first-order valence-electron chi connectivity index (χ1n) is 5.36. The lowest BCUT2D eigenvalue weighted by atomic mass is 10.1. The lowest BCUT2D eigenvalue weighted by molar-refractivity contribution is -0.123. The fourth-order valence-corrected chi connectivity index (χ4v) is 2.59. The Morgan fingerprint density at radius 2 is 2.18 bits per heavy atom. The van der Waals surface area contributed by atoms with Crippen LogP contribution in [0.5, 0.6) is 0 Å². The van der Waals surface area contributed by atoms with Crippen LogP contribution in [0.2, 0.25) is 0 Å². The number of amides is 2. The summed E-state index contributed by atoms with van der Waals surface area (Å²) in [6.07, 6.45) is 2.18. The average molecular weight is 250 g/mol. The molecule has 2 rings (SSSR count). The van der Waals surface area contributed by atoms with Crippen LogP contribution in [0.25, 0.3) is 0 Å². The van der Waals surface area contributed by atoms with Crippen molar-refractivity contribution in [3.05, 3.63) is 24.3 Å². The maximum atomic E-state index is 11.9. The second-order valence-corrected chi connectivity index (χ2v) is 4.83. The first kappa shape index (κ1) is 12.0. The molecule has 0 spiro atoms. The van der Waals surface area contributed by atoms with Crippen molar-refractivity contribution in [1.82, 2.24) is 0 Å². The molecule has 1 fully saturated rings. The monoisotopic (exact) mass is 250 g/mol. The largest absolute Gasteiger partial charge is 0.369 e. The van der Waals surface area contributed by atoms with Crippen molar-refractivity contribution in [2.45, 2.75) is 11.3 Å². The Morgan fingerprint density at radius 1 is 1.47 bits per heavy atom. The molecule has 0 aliphatic carbocycles. The smallest absolute Gasteiger partial charge is 0.227 e. The van der Waals surface area contributed by atoms with Gasteiger partial charge in [0, 0.05) is 17.9 Å². The van der Waals surface area contributed by atoms with Gasteiger partial charge in [0.05, 0.1) is 11.6 Å². The Morgan fingerprint density at radius 3 is 2.76 bits per heavy atom. The number of thioether (sulfide) groups is 1. The van der Waals surface area contributed by atoms with Gasteiger partial charge in [-0.2, -0.15) is 0 Å². The minimum absolute atomic E-state index is 0.0321. The van der Waals surface area contributed by atoms with E-state index in [-0.39, 0.29) is 18.2 Å². The molecule has 1 aliphatic heterocycles. The second kappa shape index (κ2) is 4.79. The summed E-state index contributed by atoms with van der Waals surface area (Å²) in [5.41, 5.74) is 6.12. The van der Waals surface area contributed by atoms with Crippen LogP contribution >= 0.6 is 11.8 Å². The van der Waals surface area contributed by atoms with Gasteiger partial charge in [0.2, 0.25) is 11.8 Å². The van der Waals surface area contributed by atoms with Gasteiger partial charge < -0.3 is 10.6 Å². The van der Waals surface area contributed by atoms with E-state index >= 15 is 0 Å². The molecule has 1 atom stereocenters. The molecule has 0 aromatic heterocycles. The highest BCUT2D eigenvalue weighted by atomic mass is 32.2. The van der Waals surface area contributed by atoms with E-state index in [1.165, 1.54) is 0 Å². The van der Waals surface area contributed by atoms with Gasteiger partial charge in [-0.05, 0) is 18.4 Å². The minimum atomic E-state index is -0.400. The number of carbonyl (C=O) groups excluding carboxylic acids is 2. The molecular weight excluding hydrogens is 236 g/mol. The summed E-state index contributed by atoms with van der Waals surface area (Å²) in [4.78, 5) is 25.7. The standard InChI is InChI=1S/C12H14N2O2S/c1-17-10-5-3-2-4-9(10)14-7-8(12(13)16)6-11(14)15/h2-5,8H,6-7H2,1H3,(H2,13,16). The summed E-state index contributed by atoms with van der Waals surface area (Å²) in [6.45, 7) is 0.395. The van der Waals surface area contributed by atoms with Gasteiger partial charge in [-0.25, -0.2) is 0 Å². The Labute approximate surface area is 104 Å². The Bertz CT molecular complexity index is 462. The van der Waals surface area contributed by atoms with E-state index in [2.05, 4.69) is 0 Å². The molecule has 0 saturated carbocycles. The van der Waals surface area contributed by atoms with Crippen molar-refractivity contribution < 1.29 is 9.59 Å². The maximum Gasteiger partial charge on any atom is 0.227 e. The van der Waals surface area contributed by atoms with Crippen molar-refractivity contribution in [3.63, 3.8) is 0 Å². The number of anilines is 1. The lowest BCUT2D eigenvalue weighted by Gasteiger charge is -2.19. The van der Waals surface area contributed by atoms with E-state index < -0.39 is 5.91 Å². The number of benzene rings is 1. The Hall–Kier alpha value is -1.49. The number of para-hydroxylation sites is 1. The third kappa shape index (κ3) is 2.29. The van der Waals surface area contributed by atoms with Crippen LogP contribution in [0, 0.1) is 5.92 Å². The molecule has 5 heteroatoms. The summed E-state index contributed by atoms with van der Waals surface area (Å²) in [7, 11) is 0. The topological polar surface area (TPSA) is 63.4 Å². The molecule has 17 heavy (non-hydrogen) atoms. The predicted molar refractivity (Wildman–Crippen MR) is 67.9 cm³/mol. The van der Waals surface area contributed by atoms with Crippen molar-refractivity contribution in [2.24, 2.45) is 11.7 Å². The Kier molecular flexibility index (Phi) is 3.38. The zero-order valence-corrected chi connectivity index (χ0v) is 10.4. The molecule has 1 unspecified atom stereocenters. The molecule has 1 aromatic carbocycles. The first-order valence-corrected chi connectivity index (χ1v) is 6.58. The number of hydrogen-bond acceptors (Lipinski definition) is 3. The van der Waals surface area contributed by atoms with E-state index in [1.54, 1.807) is 16.7 Å². The summed E-state index contributed by atoms with van der Waals surface area (Å²) in [5.74, 6) is -0.796. The van der Waals surface area contributed by atoms with Crippen LogP contribution in [0.3, 0.4) is 0 Å². The third-order valence-electron chi connectivity index (χ3n) is 2.90. The van der Waals surface area contributed by atoms with E-state index in [4.69, 9.17) is 5.73 Å². The lowest BCUT2D eigenvalue weighted by Crippen LogP contribution is -2.28. The second-order valence-electron chi connectivity index (χ2n) is 3.98. The van der Waals surface area contributed by atoms with Gasteiger partial charge in [-0.15, -0.1) is 11.8 Å². The number of nitrogens with zero attached hydrogens (tertiary/aromatic N) is 1. The van der Waals surface area contributed by atoms with Crippen LogP contribution in [0.15, 0.2) is 29.2 Å². The number of carbonyl (C=O) groups is 2. The number of hydrogen-bond donors (Lipinski definition) is 1. The van der Waals surface area contributed by atoms with Crippen LogP contribution in [-0.4, -0.2) is 24.6 Å². The molecule has 90 valence electrons. The molecule has 1 saturated heterocycles. The molecule has 0 bridgehead atoms. The zero-order valence-electron chi connectivity index (χ0n) is 9.55. The zero-order chi connectivity index (χ0) is 12.4. The number of nitrogens with two attached hydrogens (primary N) is 1. The van der Waals surface area contributed by atoms with Crippen molar-refractivity contribution in [2.75, 3.05) is 17.7 Å². The summed E-state index contributed by atoms with van der Waals surface area (Å²) in [6, 6.07) is 7.68. The van der Waals surface area contributed by atoms with Crippen molar-refractivity contribution in [1.29, 1.82) is 0 Å². The quantitative estimate of drug-likeness (QED) is 0.821. The highest BCUT2D eigenvalue weighted by molar-refractivity contribution is 7.98. The fraction of sp³-hybridized carbons (Fsp3) is 0.333. The van der Waals surface area contributed by atoms with Gasteiger partial charge in [-0.1, -0.05) is 12.1 Å². The van der Waals surface area contributed by atoms with E-state index in [9.17, 15) is 9.59 Å². The van der Waals surface area contributed by atoms with E-state index in [0.717, 1.165) is 10.6 Å². The van der Waals surface area contributed by atoms with Gasteiger partial charge in [0.1, 0.15) is 0 Å². The van der Waals surface area contributed by atoms with Crippen molar-refractivity contribution >= 4 is 29.3 Å². The number of rotatable bonds is 3. The van der Waals surface area contributed by atoms with Gasteiger partial charge in [0.25, 0.3) is 0 Å². The first-order chi connectivity index (χ1) is 8.13. The molecule has 1 aromatic rings. The highest BCUT2D eigenvalue weighted by Gasteiger charge is 2.34. The SMILES string of the molecule is CSc1ccccc1N1CC(C(N)=O)CC1=O. The maximum absolute atomic E-state index is 11.9. The normalized spacial score (nSPS) is 19.7. The van der Waals surface area contributed by atoms with Gasteiger partial charge in [-0.3, -0.25) is 9.59 Å². The molecular formula is C12H14N2O2S. The number of primary amides is 1. The van der Waals surface area contributed by atoms with Crippen LogP contribution in [0.1, 0.15) is 6.42 Å². The average Bonchev–Trinajstić information content (AvgIpc) is 2.71. The van der Waals surface area contributed by atoms with Gasteiger partial charge in [0.15, 0.2) is 0 Å². The van der Waals surface area contributed by atoms with E-state index in [0.29, 0.717) is 6.54 Å². The van der Waals surface area contributed by atoms with Crippen LogP contribution in [-0.2, 0) is 9.59 Å². The predicted octanol–water partition coefficient (Wildman–Crippen LogP) is 1.25. The molecule has 1 heterocycles. The molecule has 4 nitrogen and oxygen atoms in total. The van der Waals surface area contributed by atoms with Crippen molar-refractivity contribution in [3.8, 4) is 0 Å². The highest BCUT2D eigenvalue weighted by Crippen LogP contribution is 2.32. The minimum Gasteiger partial charge on any atom is -0.369 e. The third-order valence-corrected chi connectivity index (χ3v) is 3.69. The summed E-state index contributed by atoms with van der Waals surface area (Å²) >= 11 is 1.58. The van der Waals surface area contributed by atoms with Crippen LogP contribution in [0.4, 0.5) is 5.69 Å². The van der Waals surface area contributed by atoms with E-state index in [1.807, 2.05) is 30.5 Å². The Balaban J connectivity index is 2.29. The molecule has 2 amide bonds. The summed E-state index contributed by atoms with van der Waals surface area (Å²) < 4.78 is 0. The summed E-state index contributed by atoms with van der Waals surface area (Å²) in [5, 5.41) is 0. The molecule has 0 radical (unpaired) electrons. The fourth-order valence-electron chi connectivity index (χ4n) is 1.98. The van der Waals surface area contributed by atoms with Crippen LogP contribution < -0.4 is 10.6 Å². The van der Waals surface area contributed by atoms with Gasteiger partial charge >= 0.3 is 0 Å². The molecule has 2 N–H and O–H groups in total.